The number of thioether (sulfide) groups is 1. The van der Waals surface area contributed by atoms with Gasteiger partial charge in [0, 0.05) is 12.6 Å². The largest absolute Gasteiger partial charge is 0.467 e. The van der Waals surface area contributed by atoms with Gasteiger partial charge >= 0.3 is 5.97 Å². The molecule has 0 aliphatic rings. The van der Waals surface area contributed by atoms with Crippen molar-refractivity contribution in [2.45, 2.75) is 25.0 Å². The van der Waals surface area contributed by atoms with E-state index in [0.717, 1.165) is 12.4 Å². The topological polar surface area (TPSA) is 76.1 Å². The molecule has 7 heteroatoms. The summed E-state index contributed by atoms with van der Waals surface area (Å²) in [6.45, 7) is 4.49. The summed E-state index contributed by atoms with van der Waals surface area (Å²) in [6.07, 6.45) is 1.90. The fraction of sp³-hybridized carbons (Fsp3) is 0.545. The van der Waals surface area contributed by atoms with Gasteiger partial charge in [0.25, 0.3) is 0 Å². The lowest BCUT2D eigenvalue weighted by molar-refractivity contribution is -0.141. The number of hydrogen-bond donors (Lipinski definition) is 2. The Morgan fingerprint density at radius 2 is 2.17 bits per heavy atom. The quantitative estimate of drug-likeness (QED) is 0.462. The van der Waals surface area contributed by atoms with Gasteiger partial charge in [0.1, 0.15) is 17.7 Å². The highest BCUT2D eigenvalue weighted by atomic mass is 32.2. The van der Waals surface area contributed by atoms with Gasteiger partial charge in [-0.1, -0.05) is 11.8 Å². The summed E-state index contributed by atoms with van der Waals surface area (Å²) in [6, 6.07) is 1.32. The highest BCUT2D eigenvalue weighted by Crippen LogP contribution is 2.17. The molecule has 0 bridgehead atoms. The molecule has 1 atom stereocenters. The van der Waals surface area contributed by atoms with E-state index in [2.05, 4.69) is 25.3 Å². The van der Waals surface area contributed by atoms with Crippen LogP contribution in [0.5, 0.6) is 0 Å². The summed E-state index contributed by atoms with van der Waals surface area (Å²) >= 11 is 1.45. The normalized spacial score (nSPS) is 11.8. The minimum Gasteiger partial charge on any atom is -0.467 e. The van der Waals surface area contributed by atoms with E-state index in [9.17, 15) is 4.79 Å². The zero-order chi connectivity index (χ0) is 13.5. The molecule has 0 spiro atoms. The van der Waals surface area contributed by atoms with E-state index in [1.807, 2.05) is 13.2 Å². The van der Waals surface area contributed by atoms with Crippen LogP contribution in [0.4, 0.5) is 11.6 Å². The molecular weight excluding hydrogens is 252 g/mol. The molecule has 0 aromatic carbocycles. The minimum atomic E-state index is -0.450. The zero-order valence-corrected chi connectivity index (χ0v) is 11.8. The Balaban J connectivity index is 2.86. The second kappa shape index (κ2) is 7.05. The molecule has 0 aliphatic heterocycles. The van der Waals surface area contributed by atoms with Crippen LogP contribution in [0.25, 0.3) is 0 Å². The molecule has 1 rings (SSSR count). The highest BCUT2D eigenvalue weighted by Gasteiger charge is 2.14. The third-order valence-electron chi connectivity index (χ3n) is 2.17. The summed E-state index contributed by atoms with van der Waals surface area (Å²) < 4.78 is 4.65. The Morgan fingerprint density at radius 1 is 1.50 bits per heavy atom. The van der Waals surface area contributed by atoms with Gasteiger partial charge in [-0.15, -0.1) is 0 Å². The lowest BCUT2D eigenvalue weighted by Gasteiger charge is -2.13. The first-order valence-corrected chi connectivity index (χ1v) is 6.84. The number of esters is 1. The Bertz CT molecular complexity index is 414. The first-order valence-electron chi connectivity index (χ1n) is 5.62. The molecule has 2 N–H and O–H groups in total. The average Bonchev–Trinajstić information content (AvgIpc) is 2.37. The van der Waals surface area contributed by atoms with Crippen molar-refractivity contribution >= 4 is 29.4 Å². The Kier molecular flexibility index (Phi) is 5.70. The number of aromatic nitrogens is 2. The summed E-state index contributed by atoms with van der Waals surface area (Å²) in [5.41, 5.74) is 0. The van der Waals surface area contributed by atoms with Gasteiger partial charge in [0.2, 0.25) is 0 Å². The van der Waals surface area contributed by atoms with E-state index < -0.39 is 6.04 Å². The van der Waals surface area contributed by atoms with Crippen LogP contribution in [0.1, 0.15) is 13.8 Å². The molecule has 1 aromatic rings. The molecule has 0 saturated heterocycles. The van der Waals surface area contributed by atoms with E-state index in [4.69, 9.17) is 0 Å². The van der Waals surface area contributed by atoms with Crippen molar-refractivity contribution in [3.05, 3.63) is 6.07 Å². The summed E-state index contributed by atoms with van der Waals surface area (Å²) in [4.78, 5) is 19.9. The van der Waals surface area contributed by atoms with Crippen LogP contribution < -0.4 is 10.6 Å². The predicted molar refractivity (Wildman–Crippen MR) is 73.1 cm³/mol. The van der Waals surface area contributed by atoms with E-state index in [1.165, 1.54) is 18.9 Å². The highest BCUT2D eigenvalue weighted by molar-refractivity contribution is 7.98. The number of hydrogen-bond acceptors (Lipinski definition) is 7. The number of methoxy groups -OCH3 is 1. The van der Waals surface area contributed by atoms with Crippen LogP contribution >= 0.6 is 11.8 Å². The third kappa shape index (κ3) is 4.06. The molecular formula is C11H18N4O2S. The molecule has 100 valence electrons. The van der Waals surface area contributed by atoms with Crippen molar-refractivity contribution in [1.29, 1.82) is 0 Å². The molecule has 1 aromatic heterocycles. The van der Waals surface area contributed by atoms with Crippen LogP contribution in [-0.2, 0) is 9.53 Å². The van der Waals surface area contributed by atoms with Gasteiger partial charge < -0.3 is 15.4 Å². The van der Waals surface area contributed by atoms with Gasteiger partial charge in [-0.2, -0.15) is 0 Å². The second-order valence-electron chi connectivity index (χ2n) is 3.54. The summed E-state index contributed by atoms with van der Waals surface area (Å²) in [7, 11) is 1.36. The van der Waals surface area contributed by atoms with Crippen molar-refractivity contribution in [3.8, 4) is 0 Å². The van der Waals surface area contributed by atoms with Crippen LogP contribution in [0.3, 0.4) is 0 Å². The summed E-state index contributed by atoms with van der Waals surface area (Å²) in [5, 5.41) is 6.75. The van der Waals surface area contributed by atoms with Gasteiger partial charge in [-0.05, 0) is 20.1 Å². The van der Waals surface area contributed by atoms with E-state index in [0.29, 0.717) is 11.0 Å². The van der Waals surface area contributed by atoms with E-state index in [-0.39, 0.29) is 5.97 Å². The van der Waals surface area contributed by atoms with Crippen LogP contribution in [0, 0.1) is 0 Å². The molecule has 0 fully saturated rings. The lowest BCUT2D eigenvalue weighted by Crippen LogP contribution is -2.27. The average molecular weight is 270 g/mol. The first kappa shape index (κ1) is 14.6. The van der Waals surface area contributed by atoms with Crippen molar-refractivity contribution in [2.75, 3.05) is 30.5 Å². The maximum atomic E-state index is 11.3. The smallest absolute Gasteiger partial charge is 0.328 e. The molecule has 0 radical (unpaired) electrons. The first-order chi connectivity index (χ1) is 8.60. The van der Waals surface area contributed by atoms with E-state index >= 15 is 0 Å². The Morgan fingerprint density at radius 3 is 2.72 bits per heavy atom. The molecule has 1 heterocycles. The fourth-order valence-corrected chi connectivity index (χ4v) is 1.70. The van der Waals surface area contributed by atoms with Crippen LogP contribution in [0.15, 0.2) is 11.2 Å². The summed E-state index contributed by atoms with van der Waals surface area (Å²) in [5.74, 6) is 1.00. The molecule has 18 heavy (non-hydrogen) atoms. The molecule has 0 aliphatic carbocycles. The number of carbonyl (C=O) groups is 1. The van der Waals surface area contributed by atoms with Crippen molar-refractivity contribution < 1.29 is 9.53 Å². The van der Waals surface area contributed by atoms with Crippen molar-refractivity contribution in [3.63, 3.8) is 0 Å². The maximum absolute atomic E-state index is 11.3. The van der Waals surface area contributed by atoms with E-state index in [1.54, 1.807) is 13.0 Å². The number of nitrogens with one attached hydrogen (secondary N) is 2. The second-order valence-corrected chi connectivity index (χ2v) is 4.32. The third-order valence-corrected chi connectivity index (χ3v) is 2.71. The standard InChI is InChI=1S/C11H18N4O2S/c1-5-12-8-6-9(15-11(14-8)18-4)13-7(2)10(16)17-3/h6-7H,5H2,1-4H3,(H2,12,13,14,15). The van der Waals surface area contributed by atoms with Crippen LogP contribution in [0.2, 0.25) is 0 Å². The number of nitrogens with zero attached hydrogens (tertiary/aromatic N) is 2. The molecule has 0 amide bonds. The molecule has 1 unspecified atom stereocenters. The van der Waals surface area contributed by atoms with Crippen molar-refractivity contribution in [2.24, 2.45) is 0 Å². The van der Waals surface area contributed by atoms with Crippen LogP contribution in [-0.4, -0.2) is 41.9 Å². The van der Waals surface area contributed by atoms with Gasteiger partial charge in [-0.3, -0.25) is 0 Å². The maximum Gasteiger partial charge on any atom is 0.328 e. The van der Waals surface area contributed by atoms with Gasteiger partial charge in [0.05, 0.1) is 7.11 Å². The van der Waals surface area contributed by atoms with Crippen molar-refractivity contribution in [1.82, 2.24) is 9.97 Å². The number of anilines is 2. The molecule has 6 nitrogen and oxygen atoms in total. The zero-order valence-electron chi connectivity index (χ0n) is 11.0. The van der Waals surface area contributed by atoms with Gasteiger partial charge in [-0.25, -0.2) is 14.8 Å². The van der Waals surface area contributed by atoms with Gasteiger partial charge in [0.15, 0.2) is 5.16 Å². The SMILES string of the molecule is CCNc1cc(NC(C)C(=O)OC)nc(SC)n1. The molecule has 0 saturated carbocycles. The number of carbonyl (C=O) groups excluding carboxylic acids is 1. The number of ether oxygens (including phenoxy) is 1. The minimum absolute atomic E-state index is 0.329. The lowest BCUT2D eigenvalue weighted by atomic mass is 10.3. The number of rotatable bonds is 6. The predicted octanol–water partition coefficient (Wildman–Crippen LogP) is 1.60. The monoisotopic (exact) mass is 270 g/mol. The Hall–Kier alpha value is -1.50. The fourth-order valence-electron chi connectivity index (χ4n) is 1.32. The Labute approximate surface area is 111 Å².